The van der Waals surface area contributed by atoms with Crippen LogP contribution in [-0.4, -0.2) is 42.5 Å². The fourth-order valence-electron chi connectivity index (χ4n) is 1.12. The van der Waals surface area contributed by atoms with Crippen LogP contribution in [0, 0.1) is 0 Å². The Bertz CT molecular complexity index is 120. The van der Waals surface area contributed by atoms with Crippen LogP contribution in [0.2, 0.25) is 0 Å². The Kier molecular flexibility index (Phi) is 3.21. The van der Waals surface area contributed by atoms with E-state index in [2.05, 4.69) is 21.2 Å². The highest BCUT2D eigenvalue weighted by Gasteiger charge is 2.27. The van der Waals surface area contributed by atoms with E-state index in [4.69, 9.17) is 0 Å². The summed E-state index contributed by atoms with van der Waals surface area (Å²) in [6, 6.07) is 0. The average Bonchev–Trinajstić information content (AvgIpc) is 1.85. The van der Waals surface area contributed by atoms with Gasteiger partial charge in [-0.3, -0.25) is 4.90 Å². The summed E-state index contributed by atoms with van der Waals surface area (Å²) in [6.45, 7) is 2.85. The first-order valence-corrected chi connectivity index (χ1v) is 4.37. The molecule has 1 heterocycles. The van der Waals surface area contributed by atoms with Crippen molar-refractivity contribution in [3.05, 3.63) is 0 Å². The largest absolute Gasteiger partial charge is 0.314 e. The quantitative estimate of drug-likeness (QED) is 0.707. The molecule has 0 atom stereocenters. The van der Waals surface area contributed by atoms with Crippen molar-refractivity contribution in [1.82, 2.24) is 10.2 Å². The minimum absolute atomic E-state index is 0.186. The smallest absolute Gasteiger partial charge is 0.313 e. The van der Waals surface area contributed by atoms with E-state index in [1.165, 1.54) is 0 Å². The van der Waals surface area contributed by atoms with E-state index in [-0.39, 0.29) is 6.54 Å². The zero-order chi connectivity index (χ0) is 8.32. The molecule has 0 bridgehead atoms. The number of halogens is 3. The molecule has 1 rings (SSSR count). The SMILES string of the molecule is FC(F)(Br)CN1CCNCC1. The molecule has 0 amide bonds. The van der Waals surface area contributed by atoms with E-state index in [1.54, 1.807) is 4.90 Å². The van der Waals surface area contributed by atoms with Crippen LogP contribution in [0.5, 0.6) is 0 Å². The minimum Gasteiger partial charge on any atom is -0.314 e. The van der Waals surface area contributed by atoms with E-state index >= 15 is 0 Å². The molecule has 0 spiro atoms. The van der Waals surface area contributed by atoms with Gasteiger partial charge in [-0.05, 0) is 15.9 Å². The number of hydrogen-bond acceptors (Lipinski definition) is 2. The number of rotatable bonds is 2. The van der Waals surface area contributed by atoms with Gasteiger partial charge in [0.15, 0.2) is 0 Å². The van der Waals surface area contributed by atoms with Gasteiger partial charge in [0.2, 0.25) is 0 Å². The number of piperazine rings is 1. The normalized spacial score (nSPS) is 22.1. The first-order valence-electron chi connectivity index (χ1n) is 3.58. The van der Waals surface area contributed by atoms with E-state index in [9.17, 15) is 8.78 Å². The van der Waals surface area contributed by atoms with Crippen LogP contribution in [0.4, 0.5) is 8.78 Å². The maximum Gasteiger partial charge on any atom is 0.313 e. The topological polar surface area (TPSA) is 15.3 Å². The van der Waals surface area contributed by atoms with Crippen LogP contribution in [0.15, 0.2) is 0 Å². The predicted octanol–water partition coefficient (Wildman–Crippen LogP) is 0.879. The summed E-state index contributed by atoms with van der Waals surface area (Å²) < 4.78 is 24.7. The second-order valence-electron chi connectivity index (χ2n) is 2.64. The third kappa shape index (κ3) is 3.98. The summed E-state index contributed by atoms with van der Waals surface area (Å²) in [5.41, 5.74) is 0. The summed E-state index contributed by atoms with van der Waals surface area (Å²) >= 11 is 2.32. The van der Waals surface area contributed by atoms with Gasteiger partial charge in [-0.25, -0.2) is 0 Å². The Morgan fingerprint density at radius 1 is 1.36 bits per heavy atom. The molecule has 0 aliphatic carbocycles. The van der Waals surface area contributed by atoms with Gasteiger partial charge in [0.05, 0.1) is 6.54 Å². The molecule has 1 saturated heterocycles. The fraction of sp³-hybridized carbons (Fsp3) is 1.00. The zero-order valence-electron chi connectivity index (χ0n) is 6.12. The number of alkyl halides is 3. The van der Waals surface area contributed by atoms with Crippen molar-refractivity contribution in [2.75, 3.05) is 32.7 Å². The molecule has 1 aliphatic rings. The van der Waals surface area contributed by atoms with Crippen LogP contribution in [0.25, 0.3) is 0 Å². The third-order valence-electron chi connectivity index (χ3n) is 1.61. The van der Waals surface area contributed by atoms with Crippen molar-refractivity contribution in [3.63, 3.8) is 0 Å². The summed E-state index contributed by atoms with van der Waals surface area (Å²) in [5.74, 6) is 0. The molecule has 5 heteroatoms. The molecule has 66 valence electrons. The van der Waals surface area contributed by atoms with Gasteiger partial charge >= 0.3 is 4.83 Å². The van der Waals surface area contributed by atoms with Crippen LogP contribution in [0.1, 0.15) is 0 Å². The van der Waals surface area contributed by atoms with Gasteiger partial charge in [0, 0.05) is 26.2 Å². The molecule has 0 saturated carbocycles. The number of hydrogen-bond donors (Lipinski definition) is 1. The molecule has 1 aliphatic heterocycles. The van der Waals surface area contributed by atoms with Gasteiger partial charge in [-0.2, -0.15) is 8.78 Å². The van der Waals surface area contributed by atoms with Gasteiger partial charge in [0.1, 0.15) is 0 Å². The van der Waals surface area contributed by atoms with E-state index in [1.807, 2.05) is 0 Å². The number of nitrogens with zero attached hydrogens (tertiary/aromatic N) is 1. The highest BCUT2D eigenvalue weighted by molar-refractivity contribution is 9.10. The van der Waals surface area contributed by atoms with Crippen molar-refractivity contribution in [3.8, 4) is 0 Å². The van der Waals surface area contributed by atoms with Crippen molar-refractivity contribution in [1.29, 1.82) is 0 Å². The summed E-state index contributed by atoms with van der Waals surface area (Å²) in [7, 11) is 0. The van der Waals surface area contributed by atoms with Crippen molar-refractivity contribution in [2.24, 2.45) is 0 Å². The van der Waals surface area contributed by atoms with E-state index in [0.29, 0.717) is 13.1 Å². The second kappa shape index (κ2) is 3.78. The van der Waals surface area contributed by atoms with Crippen molar-refractivity contribution >= 4 is 15.9 Å². The second-order valence-corrected chi connectivity index (χ2v) is 3.80. The lowest BCUT2D eigenvalue weighted by molar-refractivity contribution is 0.0571. The molecule has 11 heavy (non-hydrogen) atoms. The number of nitrogens with one attached hydrogen (secondary N) is 1. The maximum absolute atomic E-state index is 12.4. The molecule has 1 fully saturated rings. The Labute approximate surface area is 73.1 Å². The molecule has 0 aromatic heterocycles. The van der Waals surface area contributed by atoms with Crippen LogP contribution in [0.3, 0.4) is 0 Å². The standard InChI is InChI=1S/C6H11BrF2N2/c7-6(8,9)5-11-3-1-10-2-4-11/h10H,1-5H2. The first-order chi connectivity index (χ1) is 5.08. The third-order valence-corrected chi connectivity index (χ3v) is 1.86. The lowest BCUT2D eigenvalue weighted by Gasteiger charge is -2.28. The van der Waals surface area contributed by atoms with Gasteiger partial charge in [-0.15, -0.1) is 0 Å². The molecule has 0 unspecified atom stereocenters. The molecule has 0 aromatic carbocycles. The Balaban J connectivity index is 2.24. The lowest BCUT2D eigenvalue weighted by Crippen LogP contribution is -2.46. The lowest BCUT2D eigenvalue weighted by atomic mass is 10.3. The molecule has 1 N–H and O–H groups in total. The molecule has 0 aromatic rings. The van der Waals surface area contributed by atoms with E-state index < -0.39 is 4.83 Å². The fourth-order valence-corrected chi connectivity index (χ4v) is 1.48. The minimum atomic E-state index is -2.73. The molecule has 0 radical (unpaired) electrons. The highest BCUT2D eigenvalue weighted by atomic mass is 79.9. The first kappa shape index (κ1) is 9.35. The van der Waals surface area contributed by atoms with Crippen LogP contribution < -0.4 is 5.32 Å². The molecular formula is C6H11BrF2N2. The van der Waals surface area contributed by atoms with Crippen LogP contribution in [-0.2, 0) is 0 Å². The van der Waals surface area contributed by atoms with E-state index in [0.717, 1.165) is 13.1 Å². The monoisotopic (exact) mass is 228 g/mol. The molecular weight excluding hydrogens is 218 g/mol. The summed E-state index contributed by atoms with van der Waals surface area (Å²) in [4.78, 5) is -0.990. The zero-order valence-corrected chi connectivity index (χ0v) is 7.70. The Morgan fingerprint density at radius 2 is 1.91 bits per heavy atom. The Hall–Kier alpha value is 0.260. The summed E-state index contributed by atoms with van der Waals surface area (Å²) in [6.07, 6.45) is 0. The van der Waals surface area contributed by atoms with Gasteiger partial charge in [-0.1, -0.05) is 0 Å². The Morgan fingerprint density at radius 3 is 2.36 bits per heavy atom. The summed E-state index contributed by atoms with van der Waals surface area (Å²) in [5, 5.41) is 3.10. The molecule has 2 nitrogen and oxygen atoms in total. The highest BCUT2D eigenvalue weighted by Crippen LogP contribution is 2.22. The van der Waals surface area contributed by atoms with Gasteiger partial charge < -0.3 is 5.32 Å². The van der Waals surface area contributed by atoms with Crippen molar-refractivity contribution in [2.45, 2.75) is 4.83 Å². The average molecular weight is 229 g/mol. The van der Waals surface area contributed by atoms with Crippen LogP contribution >= 0.6 is 15.9 Å². The van der Waals surface area contributed by atoms with Crippen molar-refractivity contribution < 1.29 is 8.78 Å². The predicted molar refractivity (Wildman–Crippen MR) is 43.2 cm³/mol. The maximum atomic E-state index is 12.4. The van der Waals surface area contributed by atoms with Gasteiger partial charge in [0.25, 0.3) is 0 Å².